The van der Waals surface area contributed by atoms with Gasteiger partial charge in [-0.3, -0.25) is 4.99 Å². The van der Waals surface area contributed by atoms with Gasteiger partial charge in [-0.2, -0.15) is 35.1 Å². The van der Waals surface area contributed by atoms with E-state index in [-0.39, 0.29) is 24.4 Å². The Morgan fingerprint density at radius 3 is 2.45 bits per heavy atom. The van der Waals surface area contributed by atoms with Crippen LogP contribution in [0.1, 0.15) is 17.5 Å². The Balaban J connectivity index is 1.86. The van der Waals surface area contributed by atoms with Gasteiger partial charge in [-0.05, 0) is 24.1 Å². The Bertz CT molecular complexity index is 1060. The monoisotopic (exact) mass is 471 g/mol. The van der Waals surface area contributed by atoms with Gasteiger partial charge in [-0.1, -0.05) is 17.7 Å². The Hall–Kier alpha value is -2.63. The summed E-state index contributed by atoms with van der Waals surface area (Å²) in [5, 5.41) is -0.462. The highest BCUT2D eigenvalue weighted by molar-refractivity contribution is 6.31. The number of ether oxygens (including phenoxy) is 1. The summed E-state index contributed by atoms with van der Waals surface area (Å²) in [6.45, 7) is -3.78. The van der Waals surface area contributed by atoms with Crippen molar-refractivity contribution in [1.29, 1.82) is 0 Å². The highest BCUT2D eigenvalue weighted by Gasteiger charge is 2.51. The molecule has 4 rings (SSSR count). The Kier molecular flexibility index (Phi) is 4.83. The van der Waals surface area contributed by atoms with Gasteiger partial charge in [0.25, 0.3) is 0 Å². The summed E-state index contributed by atoms with van der Waals surface area (Å²) < 4.78 is 110. The fourth-order valence-electron chi connectivity index (χ4n) is 3.79. The fraction of sp³-hybridized carbons (Fsp3) is 0.333. The van der Waals surface area contributed by atoms with Crippen LogP contribution in [0.2, 0.25) is 5.15 Å². The second-order valence-electron chi connectivity index (χ2n) is 6.91. The SMILES string of the molecule is FC(F)OC1=CC(C(F)(F)F)=CN2CC3(CC=C(C(F)(F)F)c4c3ccnc4Cl)N=C12. The molecule has 13 heteroatoms. The maximum absolute atomic E-state index is 13.5. The largest absolute Gasteiger partial charge is 0.431 e. The molecule has 0 N–H and O–H groups in total. The van der Waals surface area contributed by atoms with Crippen LogP contribution in [-0.4, -0.2) is 41.2 Å². The van der Waals surface area contributed by atoms with E-state index in [1.807, 2.05) is 0 Å². The first-order valence-electron chi connectivity index (χ1n) is 8.57. The lowest BCUT2D eigenvalue weighted by molar-refractivity contribution is -0.0981. The van der Waals surface area contributed by atoms with Crippen LogP contribution in [0.25, 0.3) is 5.57 Å². The molecule has 0 bridgehead atoms. The average molecular weight is 472 g/mol. The zero-order valence-electron chi connectivity index (χ0n) is 15.0. The van der Waals surface area contributed by atoms with Crippen LogP contribution in [0.5, 0.6) is 0 Å². The van der Waals surface area contributed by atoms with Crippen molar-refractivity contribution in [1.82, 2.24) is 9.88 Å². The van der Waals surface area contributed by atoms with E-state index in [1.165, 1.54) is 6.07 Å². The van der Waals surface area contributed by atoms with Crippen LogP contribution in [0.15, 0.2) is 46.9 Å². The molecule has 0 amide bonds. The second kappa shape index (κ2) is 6.94. The number of rotatable bonds is 2. The lowest BCUT2D eigenvalue weighted by atomic mass is 9.78. The van der Waals surface area contributed by atoms with Gasteiger partial charge >= 0.3 is 19.0 Å². The van der Waals surface area contributed by atoms with Gasteiger partial charge in [0.2, 0.25) is 0 Å². The van der Waals surface area contributed by atoms with E-state index in [2.05, 4.69) is 14.7 Å². The number of allylic oxidation sites excluding steroid dienone is 3. The third kappa shape index (κ3) is 3.66. The Labute approximate surface area is 174 Å². The number of amidine groups is 1. The molecular formula is C18H10ClF8N3O. The lowest BCUT2D eigenvalue weighted by Gasteiger charge is -2.34. The number of nitrogens with zero attached hydrogens (tertiary/aromatic N) is 3. The first-order valence-corrected chi connectivity index (χ1v) is 8.95. The van der Waals surface area contributed by atoms with E-state index in [0.29, 0.717) is 12.3 Å². The molecule has 1 unspecified atom stereocenters. The zero-order chi connectivity index (χ0) is 22.8. The van der Waals surface area contributed by atoms with Crippen LogP contribution in [0.3, 0.4) is 0 Å². The molecular weight excluding hydrogens is 462 g/mol. The number of alkyl halides is 8. The predicted octanol–water partition coefficient (Wildman–Crippen LogP) is 5.58. The molecule has 0 saturated carbocycles. The summed E-state index contributed by atoms with van der Waals surface area (Å²) in [6, 6.07) is 1.23. The molecule has 4 nitrogen and oxygen atoms in total. The third-order valence-corrected chi connectivity index (χ3v) is 5.28. The average Bonchev–Trinajstić information content (AvgIpc) is 3.00. The number of halogens is 9. The van der Waals surface area contributed by atoms with Crippen molar-refractivity contribution in [2.75, 3.05) is 6.54 Å². The van der Waals surface area contributed by atoms with E-state index in [4.69, 9.17) is 11.6 Å². The molecule has 0 radical (unpaired) electrons. The summed E-state index contributed by atoms with van der Waals surface area (Å²) in [7, 11) is 0. The number of aromatic nitrogens is 1. The first kappa shape index (κ1) is 21.6. The summed E-state index contributed by atoms with van der Waals surface area (Å²) in [6.07, 6.45) is -7.01. The molecule has 31 heavy (non-hydrogen) atoms. The van der Waals surface area contributed by atoms with E-state index in [1.54, 1.807) is 0 Å². The molecule has 1 aliphatic carbocycles. The maximum Gasteiger partial charge on any atom is 0.417 e. The van der Waals surface area contributed by atoms with Gasteiger partial charge in [-0.15, -0.1) is 0 Å². The fourth-order valence-corrected chi connectivity index (χ4v) is 4.05. The number of hydrogen-bond donors (Lipinski definition) is 0. The quantitative estimate of drug-likeness (QED) is 0.418. The summed E-state index contributed by atoms with van der Waals surface area (Å²) in [5.41, 5.74) is -4.30. The molecule has 0 saturated heterocycles. The summed E-state index contributed by atoms with van der Waals surface area (Å²) >= 11 is 5.93. The highest BCUT2D eigenvalue weighted by atomic mass is 35.5. The molecule has 0 fully saturated rings. The molecule has 3 aliphatic rings. The molecule has 3 heterocycles. The molecule has 0 aromatic carbocycles. The minimum Gasteiger partial charge on any atom is -0.431 e. The topological polar surface area (TPSA) is 37.7 Å². The Morgan fingerprint density at radius 1 is 1.13 bits per heavy atom. The second-order valence-corrected chi connectivity index (χ2v) is 7.27. The van der Waals surface area contributed by atoms with Crippen LogP contribution < -0.4 is 0 Å². The van der Waals surface area contributed by atoms with Gasteiger partial charge < -0.3 is 9.64 Å². The maximum atomic E-state index is 13.5. The van der Waals surface area contributed by atoms with Gasteiger partial charge in [0.05, 0.1) is 17.7 Å². The highest BCUT2D eigenvalue weighted by Crippen LogP contribution is 2.51. The van der Waals surface area contributed by atoms with Crippen LogP contribution in [0.4, 0.5) is 35.1 Å². The smallest absolute Gasteiger partial charge is 0.417 e. The molecule has 1 spiro atoms. The van der Waals surface area contributed by atoms with Crippen molar-refractivity contribution >= 4 is 23.0 Å². The zero-order valence-corrected chi connectivity index (χ0v) is 15.8. The van der Waals surface area contributed by atoms with Crippen molar-refractivity contribution in [3.8, 4) is 0 Å². The Morgan fingerprint density at radius 2 is 1.84 bits per heavy atom. The lowest BCUT2D eigenvalue weighted by Crippen LogP contribution is -2.36. The van der Waals surface area contributed by atoms with Crippen molar-refractivity contribution in [2.24, 2.45) is 4.99 Å². The first-order chi connectivity index (χ1) is 14.3. The van der Waals surface area contributed by atoms with E-state index in [9.17, 15) is 35.1 Å². The summed E-state index contributed by atoms with van der Waals surface area (Å²) in [4.78, 5) is 8.86. The van der Waals surface area contributed by atoms with Crippen molar-refractivity contribution < 1.29 is 39.9 Å². The number of hydrogen-bond acceptors (Lipinski definition) is 4. The predicted molar refractivity (Wildman–Crippen MR) is 93.0 cm³/mol. The molecule has 1 aromatic heterocycles. The minimum absolute atomic E-state index is 0.0254. The third-order valence-electron chi connectivity index (χ3n) is 4.99. The van der Waals surface area contributed by atoms with Gasteiger partial charge in [0.15, 0.2) is 11.6 Å². The van der Waals surface area contributed by atoms with E-state index < -0.39 is 52.1 Å². The minimum atomic E-state index is -4.88. The standard InChI is InChI=1S/C18H10ClF8N3O/c19-13-12-9(2-4-28-13)16(3-1-10(12)18(25,26)27)7-30-6-8(17(22,23)24)5-11(14(30)29-16)31-15(20)21/h1-2,4-6,15H,3,7H2. The van der Waals surface area contributed by atoms with Crippen LogP contribution >= 0.6 is 11.6 Å². The molecule has 166 valence electrons. The van der Waals surface area contributed by atoms with Gasteiger partial charge in [0.1, 0.15) is 10.7 Å². The van der Waals surface area contributed by atoms with E-state index in [0.717, 1.165) is 17.2 Å². The summed E-state index contributed by atoms with van der Waals surface area (Å²) in [5.74, 6) is -1.19. The molecule has 1 aromatic rings. The molecule has 1 atom stereocenters. The van der Waals surface area contributed by atoms with Gasteiger partial charge in [0, 0.05) is 18.0 Å². The molecule has 2 aliphatic heterocycles. The number of aliphatic imine (C=N–C) groups is 1. The number of fused-ring (bicyclic) bond motifs is 3. The van der Waals surface area contributed by atoms with Gasteiger partial charge in [-0.25, -0.2) is 4.98 Å². The van der Waals surface area contributed by atoms with Crippen molar-refractivity contribution in [3.63, 3.8) is 0 Å². The number of pyridine rings is 1. The van der Waals surface area contributed by atoms with Crippen LogP contribution in [-0.2, 0) is 10.3 Å². The van der Waals surface area contributed by atoms with E-state index >= 15 is 0 Å². The van der Waals surface area contributed by atoms with Crippen molar-refractivity contribution in [3.05, 3.63) is 58.2 Å². The normalized spacial score (nSPS) is 23.2. The van der Waals surface area contributed by atoms with Crippen LogP contribution in [0, 0.1) is 0 Å². The van der Waals surface area contributed by atoms with Crippen molar-refractivity contribution in [2.45, 2.75) is 30.9 Å².